The second-order valence-electron chi connectivity index (χ2n) is 6.24. The molecule has 1 aromatic rings. The van der Waals surface area contributed by atoms with Gasteiger partial charge < -0.3 is 4.74 Å². The van der Waals surface area contributed by atoms with Crippen molar-refractivity contribution in [3.8, 4) is 0 Å². The molecule has 1 saturated heterocycles. The third kappa shape index (κ3) is 3.62. The number of nitrogens with zero attached hydrogens (tertiary/aromatic N) is 1. The van der Waals surface area contributed by atoms with Crippen molar-refractivity contribution in [3.05, 3.63) is 35.9 Å². The Labute approximate surface area is 123 Å². The second kappa shape index (κ2) is 7.24. The zero-order valence-corrected chi connectivity index (χ0v) is 12.5. The molecule has 0 radical (unpaired) electrons. The van der Waals surface area contributed by atoms with Gasteiger partial charge in [0, 0.05) is 6.04 Å². The third-order valence-corrected chi connectivity index (χ3v) is 4.84. The maximum atomic E-state index is 6.27. The van der Waals surface area contributed by atoms with Crippen LogP contribution in [-0.4, -0.2) is 36.7 Å². The first-order valence-corrected chi connectivity index (χ1v) is 8.33. The van der Waals surface area contributed by atoms with Gasteiger partial charge in [-0.2, -0.15) is 0 Å². The lowest BCUT2D eigenvalue weighted by Gasteiger charge is -2.37. The van der Waals surface area contributed by atoms with Crippen LogP contribution < -0.4 is 0 Å². The molecule has 1 aromatic carbocycles. The molecule has 2 fully saturated rings. The van der Waals surface area contributed by atoms with E-state index < -0.39 is 0 Å². The van der Waals surface area contributed by atoms with Gasteiger partial charge in [0.15, 0.2) is 0 Å². The second-order valence-corrected chi connectivity index (χ2v) is 6.24. The highest BCUT2D eigenvalue weighted by Gasteiger charge is 2.31. The number of hydrogen-bond donors (Lipinski definition) is 0. The summed E-state index contributed by atoms with van der Waals surface area (Å²) in [4.78, 5) is 2.69. The van der Waals surface area contributed by atoms with Gasteiger partial charge in [0.05, 0.1) is 12.7 Å². The first-order valence-electron chi connectivity index (χ1n) is 8.33. The van der Waals surface area contributed by atoms with Gasteiger partial charge in [0.1, 0.15) is 0 Å². The Morgan fingerprint density at radius 1 is 0.950 bits per heavy atom. The lowest BCUT2D eigenvalue weighted by molar-refractivity contribution is -0.0290. The maximum absolute atomic E-state index is 6.27. The van der Waals surface area contributed by atoms with Crippen LogP contribution in [0, 0.1) is 0 Å². The number of ether oxygens (including phenoxy) is 1. The molecule has 2 heteroatoms. The quantitative estimate of drug-likeness (QED) is 0.812. The number of benzene rings is 1. The lowest BCUT2D eigenvalue weighted by atomic mass is 9.91. The zero-order valence-electron chi connectivity index (χ0n) is 12.5. The van der Waals surface area contributed by atoms with E-state index in [0.29, 0.717) is 12.1 Å². The van der Waals surface area contributed by atoms with Crippen LogP contribution in [0.3, 0.4) is 0 Å². The normalized spacial score (nSPS) is 27.8. The van der Waals surface area contributed by atoms with Crippen molar-refractivity contribution in [2.45, 2.75) is 57.1 Å². The minimum atomic E-state index is 0.477. The van der Waals surface area contributed by atoms with Crippen molar-refractivity contribution in [2.24, 2.45) is 0 Å². The topological polar surface area (TPSA) is 12.5 Å². The van der Waals surface area contributed by atoms with Crippen LogP contribution in [0.25, 0.3) is 0 Å². The van der Waals surface area contributed by atoms with Crippen LogP contribution in [0.1, 0.15) is 44.1 Å². The van der Waals surface area contributed by atoms with Crippen LogP contribution in [0.2, 0.25) is 0 Å². The highest BCUT2D eigenvalue weighted by Crippen LogP contribution is 2.28. The van der Waals surface area contributed by atoms with E-state index in [2.05, 4.69) is 35.2 Å². The minimum Gasteiger partial charge on any atom is -0.376 e. The molecule has 0 unspecified atom stereocenters. The minimum absolute atomic E-state index is 0.477. The summed E-state index contributed by atoms with van der Waals surface area (Å²) in [5.41, 5.74) is 1.39. The average Bonchev–Trinajstić information content (AvgIpc) is 3.03. The molecule has 0 amide bonds. The van der Waals surface area contributed by atoms with Crippen LogP contribution in [0.15, 0.2) is 30.3 Å². The molecule has 20 heavy (non-hydrogen) atoms. The molecular formula is C18H27NO. The summed E-state index contributed by atoms with van der Waals surface area (Å²) in [6, 6.07) is 11.4. The molecule has 2 nitrogen and oxygen atoms in total. The Hall–Kier alpha value is -0.860. The van der Waals surface area contributed by atoms with Crippen molar-refractivity contribution in [1.82, 2.24) is 4.90 Å². The van der Waals surface area contributed by atoms with E-state index in [-0.39, 0.29) is 0 Å². The zero-order chi connectivity index (χ0) is 13.6. The van der Waals surface area contributed by atoms with E-state index in [4.69, 9.17) is 4.74 Å². The van der Waals surface area contributed by atoms with E-state index >= 15 is 0 Å². The third-order valence-electron chi connectivity index (χ3n) is 4.84. The average molecular weight is 273 g/mol. The van der Waals surface area contributed by atoms with Gasteiger partial charge in [0.25, 0.3) is 0 Å². The molecule has 1 saturated carbocycles. The summed E-state index contributed by atoms with van der Waals surface area (Å²) >= 11 is 0. The molecule has 0 aromatic heterocycles. The first kappa shape index (κ1) is 14.1. The van der Waals surface area contributed by atoms with Crippen LogP contribution in [0.5, 0.6) is 0 Å². The van der Waals surface area contributed by atoms with Gasteiger partial charge in [-0.25, -0.2) is 0 Å². The predicted octanol–water partition coefficient (Wildman–Crippen LogP) is 3.65. The molecule has 1 aliphatic carbocycles. The van der Waals surface area contributed by atoms with Gasteiger partial charge in [0.2, 0.25) is 0 Å². The summed E-state index contributed by atoms with van der Waals surface area (Å²) in [7, 11) is 0. The van der Waals surface area contributed by atoms with Gasteiger partial charge in [-0.3, -0.25) is 4.90 Å². The molecule has 2 atom stereocenters. The maximum Gasteiger partial charge on any atom is 0.0730 e. The summed E-state index contributed by atoms with van der Waals surface area (Å²) in [5.74, 6) is 0. The summed E-state index contributed by atoms with van der Waals surface area (Å²) in [6.45, 7) is 3.46. The number of likely N-dealkylation sites (tertiary alicyclic amines) is 1. The smallest absolute Gasteiger partial charge is 0.0730 e. The number of hydrogen-bond acceptors (Lipinski definition) is 2. The van der Waals surface area contributed by atoms with Crippen molar-refractivity contribution < 1.29 is 4.74 Å². The highest BCUT2D eigenvalue weighted by molar-refractivity contribution is 5.14. The van der Waals surface area contributed by atoms with E-state index in [1.807, 2.05) is 0 Å². The van der Waals surface area contributed by atoms with Crippen LogP contribution >= 0.6 is 0 Å². The van der Waals surface area contributed by atoms with E-state index in [9.17, 15) is 0 Å². The standard InChI is InChI=1S/C18H27NO/c1-2-8-16(9-3-1)12-15-20-18-11-5-4-10-17(18)19-13-6-7-14-19/h1-3,8-9,17-18H,4-7,10-15H2/t17-,18+/m1/s1. The molecule has 1 aliphatic heterocycles. The van der Waals surface area contributed by atoms with E-state index in [0.717, 1.165) is 13.0 Å². The largest absolute Gasteiger partial charge is 0.376 e. The molecule has 1 heterocycles. The summed E-state index contributed by atoms with van der Waals surface area (Å²) in [6.07, 6.45) is 9.63. The van der Waals surface area contributed by atoms with E-state index in [1.54, 1.807) is 0 Å². The Bertz CT molecular complexity index is 386. The van der Waals surface area contributed by atoms with Crippen molar-refractivity contribution in [3.63, 3.8) is 0 Å². The fourth-order valence-electron chi connectivity index (χ4n) is 3.74. The summed E-state index contributed by atoms with van der Waals surface area (Å²) < 4.78 is 6.27. The number of rotatable bonds is 5. The fourth-order valence-corrected chi connectivity index (χ4v) is 3.74. The molecular weight excluding hydrogens is 246 g/mol. The fraction of sp³-hybridized carbons (Fsp3) is 0.667. The Morgan fingerprint density at radius 2 is 1.70 bits per heavy atom. The van der Waals surface area contributed by atoms with Crippen LogP contribution in [0.4, 0.5) is 0 Å². The highest BCUT2D eigenvalue weighted by atomic mass is 16.5. The molecule has 0 N–H and O–H groups in total. The summed E-state index contributed by atoms with van der Waals surface area (Å²) in [5, 5.41) is 0. The molecule has 0 spiro atoms. The SMILES string of the molecule is c1ccc(CCO[C@H]2CCCC[C@H]2N2CCCC2)cc1. The van der Waals surface area contributed by atoms with Crippen LogP contribution in [-0.2, 0) is 11.2 Å². The van der Waals surface area contributed by atoms with Gasteiger partial charge >= 0.3 is 0 Å². The Kier molecular flexibility index (Phi) is 5.10. The molecule has 110 valence electrons. The van der Waals surface area contributed by atoms with Crippen molar-refractivity contribution in [1.29, 1.82) is 0 Å². The Morgan fingerprint density at radius 3 is 2.50 bits per heavy atom. The van der Waals surface area contributed by atoms with Crippen molar-refractivity contribution >= 4 is 0 Å². The predicted molar refractivity (Wildman–Crippen MR) is 82.9 cm³/mol. The Balaban J connectivity index is 1.49. The first-order chi connectivity index (χ1) is 9.93. The molecule has 2 aliphatic rings. The van der Waals surface area contributed by atoms with E-state index in [1.165, 1.54) is 57.2 Å². The van der Waals surface area contributed by atoms with Gasteiger partial charge in [-0.1, -0.05) is 43.2 Å². The molecule has 0 bridgehead atoms. The molecule has 3 rings (SSSR count). The monoisotopic (exact) mass is 273 g/mol. The van der Waals surface area contributed by atoms with Gasteiger partial charge in [-0.15, -0.1) is 0 Å². The van der Waals surface area contributed by atoms with Gasteiger partial charge in [-0.05, 0) is 50.8 Å². The van der Waals surface area contributed by atoms with Crippen molar-refractivity contribution in [2.75, 3.05) is 19.7 Å². The lowest BCUT2D eigenvalue weighted by Crippen LogP contribution is -2.45.